The number of hydrogen-bond donors (Lipinski definition) is 1. The molecular weight excluding hydrogens is 314 g/mol. The molecule has 1 aliphatic rings. The smallest absolute Gasteiger partial charge is 0.142 e. The van der Waals surface area contributed by atoms with E-state index in [0.717, 1.165) is 61.0 Å². The van der Waals surface area contributed by atoms with Gasteiger partial charge in [0.15, 0.2) is 0 Å². The Morgan fingerprint density at radius 3 is 2.88 bits per heavy atom. The molecular formula is C20H23N3O2. The molecule has 5 heteroatoms. The number of para-hydroxylation sites is 1. The molecule has 1 N–H and O–H groups in total. The number of nitrogens with zero attached hydrogens (tertiary/aromatic N) is 2. The van der Waals surface area contributed by atoms with Gasteiger partial charge in [0, 0.05) is 19.6 Å². The van der Waals surface area contributed by atoms with Crippen molar-refractivity contribution >= 4 is 11.0 Å². The normalized spacial score (nSPS) is 15.6. The standard InChI is InChI=1S/C20H23N3O2/c1-15-6-7-17-18(14-15)22-20(21-17)16-4-2-3-5-19(16)25-13-10-23-8-11-24-12-9-23/h2-7,14H,8-13H2,1H3,(H,21,22). The highest BCUT2D eigenvalue weighted by molar-refractivity contribution is 5.81. The van der Waals surface area contributed by atoms with Crippen molar-refractivity contribution in [2.24, 2.45) is 0 Å². The zero-order valence-corrected chi connectivity index (χ0v) is 14.5. The van der Waals surface area contributed by atoms with Crippen molar-refractivity contribution in [1.29, 1.82) is 0 Å². The van der Waals surface area contributed by atoms with Crippen LogP contribution in [0.15, 0.2) is 42.5 Å². The molecule has 3 aromatic rings. The van der Waals surface area contributed by atoms with Gasteiger partial charge in [0.25, 0.3) is 0 Å². The lowest BCUT2D eigenvalue weighted by molar-refractivity contribution is 0.0323. The highest BCUT2D eigenvalue weighted by atomic mass is 16.5. The quantitative estimate of drug-likeness (QED) is 0.776. The lowest BCUT2D eigenvalue weighted by atomic mass is 10.2. The van der Waals surface area contributed by atoms with E-state index in [4.69, 9.17) is 14.5 Å². The number of hydrogen-bond acceptors (Lipinski definition) is 4. The Labute approximate surface area is 147 Å². The van der Waals surface area contributed by atoms with Crippen molar-refractivity contribution < 1.29 is 9.47 Å². The third kappa shape index (κ3) is 3.67. The molecule has 25 heavy (non-hydrogen) atoms. The molecule has 0 radical (unpaired) electrons. The second-order valence-electron chi connectivity index (χ2n) is 6.40. The fourth-order valence-corrected chi connectivity index (χ4v) is 3.15. The minimum absolute atomic E-state index is 0.663. The van der Waals surface area contributed by atoms with Crippen LogP contribution in [0.5, 0.6) is 5.75 Å². The van der Waals surface area contributed by atoms with E-state index in [2.05, 4.69) is 35.0 Å². The topological polar surface area (TPSA) is 50.4 Å². The first-order valence-electron chi connectivity index (χ1n) is 8.78. The maximum atomic E-state index is 6.07. The molecule has 1 fully saturated rings. The van der Waals surface area contributed by atoms with Crippen molar-refractivity contribution in [1.82, 2.24) is 14.9 Å². The third-order valence-electron chi connectivity index (χ3n) is 4.55. The van der Waals surface area contributed by atoms with Crippen LogP contribution < -0.4 is 4.74 Å². The molecule has 0 atom stereocenters. The number of rotatable bonds is 5. The number of imidazole rings is 1. The molecule has 2 aromatic carbocycles. The summed E-state index contributed by atoms with van der Waals surface area (Å²) in [4.78, 5) is 10.5. The molecule has 0 aliphatic carbocycles. The molecule has 0 saturated carbocycles. The molecule has 0 bridgehead atoms. The number of ether oxygens (including phenoxy) is 2. The van der Waals surface area contributed by atoms with E-state index in [1.165, 1.54) is 5.56 Å². The minimum Gasteiger partial charge on any atom is -0.491 e. The highest BCUT2D eigenvalue weighted by Crippen LogP contribution is 2.29. The van der Waals surface area contributed by atoms with Gasteiger partial charge in [-0.05, 0) is 36.8 Å². The average Bonchev–Trinajstić information content (AvgIpc) is 3.06. The largest absolute Gasteiger partial charge is 0.491 e. The first kappa shape index (κ1) is 16.1. The maximum absolute atomic E-state index is 6.07. The maximum Gasteiger partial charge on any atom is 0.142 e. The summed E-state index contributed by atoms with van der Waals surface area (Å²) in [5.74, 6) is 1.72. The van der Waals surface area contributed by atoms with Crippen molar-refractivity contribution in [2.45, 2.75) is 6.92 Å². The highest BCUT2D eigenvalue weighted by Gasteiger charge is 2.13. The van der Waals surface area contributed by atoms with Gasteiger partial charge in [-0.25, -0.2) is 4.98 Å². The molecule has 4 rings (SSSR count). The number of fused-ring (bicyclic) bond motifs is 1. The average molecular weight is 337 g/mol. The van der Waals surface area contributed by atoms with Gasteiger partial charge in [0.05, 0.1) is 29.8 Å². The molecule has 5 nitrogen and oxygen atoms in total. The lowest BCUT2D eigenvalue weighted by Crippen LogP contribution is -2.38. The van der Waals surface area contributed by atoms with Gasteiger partial charge in [0.1, 0.15) is 18.2 Å². The van der Waals surface area contributed by atoms with Gasteiger partial charge in [-0.1, -0.05) is 18.2 Å². The van der Waals surface area contributed by atoms with Gasteiger partial charge >= 0.3 is 0 Å². The van der Waals surface area contributed by atoms with Gasteiger partial charge < -0.3 is 14.5 Å². The van der Waals surface area contributed by atoms with Crippen LogP contribution in [0.4, 0.5) is 0 Å². The van der Waals surface area contributed by atoms with Crippen LogP contribution in [0.25, 0.3) is 22.4 Å². The molecule has 130 valence electrons. The fraction of sp³-hybridized carbons (Fsp3) is 0.350. The molecule has 0 spiro atoms. The Balaban J connectivity index is 1.51. The van der Waals surface area contributed by atoms with Crippen molar-refractivity contribution in [3.63, 3.8) is 0 Å². The summed E-state index contributed by atoms with van der Waals surface area (Å²) in [6.45, 7) is 7.25. The van der Waals surface area contributed by atoms with Crippen LogP contribution in [-0.2, 0) is 4.74 Å². The number of morpholine rings is 1. The molecule has 1 aliphatic heterocycles. The molecule has 1 saturated heterocycles. The number of benzene rings is 2. The van der Waals surface area contributed by atoms with E-state index in [-0.39, 0.29) is 0 Å². The summed E-state index contributed by atoms with van der Waals surface area (Å²) >= 11 is 0. The van der Waals surface area contributed by atoms with E-state index in [9.17, 15) is 0 Å². The fourth-order valence-electron chi connectivity index (χ4n) is 3.15. The Morgan fingerprint density at radius 1 is 1.16 bits per heavy atom. The van der Waals surface area contributed by atoms with E-state index in [1.807, 2.05) is 24.3 Å². The van der Waals surface area contributed by atoms with Gasteiger partial charge in [-0.3, -0.25) is 4.90 Å². The number of aromatic nitrogens is 2. The zero-order valence-electron chi connectivity index (χ0n) is 14.5. The molecule has 0 amide bonds. The van der Waals surface area contributed by atoms with Crippen LogP contribution in [0, 0.1) is 6.92 Å². The first-order valence-corrected chi connectivity index (χ1v) is 8.78. The number of aryl methyl sites for hydroxylation is 1. The van der Waals surface area contributed by atoms with Gasteiger partial charge in [-0.2, -0.15) is 0 Å². The molecule has 1 aromatic heterocycles. The monoisotopic (exact) mass is 337 g/mol. The Hall–Kier alpha value is -2.37. The lowest BCUT2D eigenvalue weighted by Gasteiger charge is -2.26. The summed E-state index contributed by atoms with van der Waals surface area (Å²) in [6, 6.07) is 14.3. The predicted molar refractivity (Wildman–Crippen MR) is 99.0 cm³/mol. The predicted octanol–water partition coefficient (Wildman–Crippen LogP) is 3.25. The second-order valence-corrected chi connectivity index (χ2v) is 6.40. The SMILES string of the molecule is Cc1ccc2nc(-c3ccccc3OCCN3CCOCC3)[nH]c2c1. The summed E-state index contributed by atoms with van der Waals surface area (Å²) in [6.07, 6.45) is 0. The molecule has 0 unspecified atom stereocenters. The Bertz CT molecular complexity index is 853. The summed E-state index contributed by atoms with van der Waals surface area (Å²) in [7, 11) is 0. The first-order chi connectivity index (χ1) is 12.3. The molecule has 2 heterocycles. The van der Waals surface area contributed by atoms with Crippen LogP contribution in [-0.4, -0.2) is 54.3 Å². The van der Waals surface area contributed by atoms with Crippen molar-refractivity contribution in [3.8, 4) is 17.1 Å². The third-order valence-corrected chi connectivity index (χ3v) is 4.55. The van der Waals surface area contributed by atoms with Gasteiger partial charge in [0.2, 0.25) is 0 Å². The number of aromatic amines is 1. The van der Waals surface area contributed by atoms with E-state index in [0.29, 0.717) is 6.61 Å². The summed E-state index contributed by atoms with van der Waals surface area (Å²) in [5.41, 5.74) is 4.25. The van der Waals surface area contributed by atoms with E-state index >= 15 is 0 Å². The second kappa shape index (κ2) is 7.25. The van der Waals surface area contributed by atoms with E-state index < -0.39 is 0 Å². The summed E-state index contributed by atoms with van der Waals surface area (Å²) in [5, 5.41) is 0. The van der Waals surface area contributed by atoms with Gasteiger partial charge in [-0.15, -0.1) is 0 Å². The van der Waals surface area contributed by atoms with Crippen LogP contribution in [0.1, 0.15) is 5.56 Å². The van der Waals surface area contributed by atoms with Crippen molar-refractivity contribution in [3.05, 3.63) is 48.0 Å². The Kier molecular flexibility index (Phi) is 4.68. The van der Waals surface area contributed by atoms with E-state index in [1.54, 1.807) is 0 Å². The van der Waals surface area contributed by atoms with Crippen LogP contribution >= 0.6 is 0 Å². The Morgan fingerprint density at radius 2 is 2.00 bits per heavy atom. The van der Waals surface area contributed by atoms with Crippen molar-refractivity contribution in [2.75, 3.05) is 39.5 Å². The van der Waals surface area contributed by atoms with Crippen LogP contribution in [0.2, 0.25) is 0 Å². The minimum atomic E-state index is 0.663. The summed E-state index contributed by atoms with van der Waals surface area (Å²) < 4.78 is 11.5. The number of nitrogens with one attached hydrogen (secondary N) is 1. The number of H-pyrrole nitrogens is 1. The zero-order chi connectivity index (χ0) is 17.1. The van der Waals surface area contributed by atoms with Crippen LogP contribution in [0.3, 0.4) is 0 Å².